The summed E-state index contributed by atoms with van der Waals surface area (Å²) in [5.41, 5.74) is 0.557. The lowest BCUT2D eigenvalue weighted by Gasteiger charge is -2.45. The number of hydrogen-bond acceptors (Lipinski definition) is 31. The maximum Gasteiger partial charge on any atom is 0.331 e. The number of allylic oxidation sites excluding steroid dienone is 2. The van der Waals surface area contributed by atoms with Gasteiger partial charge in [0.25, 0.3) is 0 Å². The van der Waals surface area contributed by atoms with Crippen molar-refractivity contribution in [3.8, 4) is 34.5 Å². The number of ether oxygens (including phenoxy) is 13. The molecular formula is C58H66O31. The molecular weight excluding hydrogens is 1190 g/mol. The van der Waals surface area contributed by atoms with Crippen LogP contribution in [0.15, 0.2) is 108 Å². The van der Waals surface area contributed by atoms with Gasteiger partial charge in [-0.05, 0) is 71.8 Å². The number of carbonyl (C=O) groups excluding carboxylic acids is 2. The molecule has 8 unspecified atom stereocenters. The fourth-order valence-corrected chi connectivity index (χ4v) is 9.90. The Morgan fingerprint density at radius 3 is 1.80 bits per heavy atom. The third kappa shape index (κ3) is 14.7. The van der Waals surface area contributed by atoms with Gasteiger partial charge in [-0.15, -0.1) is 0 Å². The minimum atomic E-state index is -2.17. The number of phenols is 3. The summed E-state index contributed by atoms with van der Waals surface area (Å²) < 4.78 is 74.9. The van der Waals surface area contributed by atoms with Crippen LogP contribution in [-0.4, -0.2) is 257 Å². The Balaban J connectivity index is 1.01. The van der Waals surface area contributed by atoms with Crippen molar-refractivity contribution >= 4 is 29.8 Å². The van der Waals surface area contributed by atoms with Crippen molar-refractivity contribution in [3.05, 3.63) is 125 Å². The minimum absolute atomic E-state index is 0.0192. The molecule has 89 heavy (non-hydrogen) atoms. The SMILES string of the molecule is COc1cc(/C=C/C(=O)OC2[C@H](O[C@H]3C(O)[C@H](O)C(COC(=O)/C=C/c4ccc(O[C@@H]5OC(CO)[C@@H](O)C(O)[C@@H]5O)cc4)O[C@H]3OC3=C(c4ccc(O)c(O)c4)OC4C=C(O)C=C(O[C@@H]5OC(CO)[C@@H](O)C(O)[C@@H]5O)C4=C3)OC[C@@H](O)[C@H]2O)cc(OC)c1O. The Kier molecular flexibility index (Phi) is 21.0. The third-order valence-electron chi connectivity index (χ3n) is 14.8. The van der Waals surface area contributed by atoms with Crippen molar-refractivity contribution < 1.29 is 153 Å². The van der Waals surface area contributed by atoms with Crippen molar-refractivity contribution in [2.45, 2.75) is 123 Å². The summed E-state index contributed by atoms with van der Waals surface area (Å²) in [4.78, 5) is 26.8. The van der Waals surface area contributed by atoms with Gasteiger partial charge in [-0.3, -0.25) is 0 Å². The minimum Gasteiger partial charge on any atom is -0.508 e. The first-order valence-electron chi connectivity index (χ1n) is 27.3. The van der Waals surface area contributed by atoms with Crippen LogP contribution in [0.2, 0.25) is 0 Å². The number of aliphatic hydroxyl groups excluding tert-OH is 13. The number of methoxy groups -OCH3 is 2. The van der Waals surface area contributed by atoms with E-state index in [-0.39, 0.29) is 51.2 Å². The van der Waals surface area contributed by atoms with Crippen molar-refractivity contribution in [2.75, 3.05) is 40.6 Å². The molecule has 16 N–H and O–H groups in total. The fraction of sp³-hybridized carbons (Fsp3) is 0.448. The van der Waals surface area contributed by atoms with Gasteiger partial charge in [0.1, 0.15) is 109 Å². The van der Waals surface area contributed by atoms with Crippen LogP contribution in [0.25, 0.3) is 17.9 Å². The first-order valence-corrected chi connectivity index (χ1v) is 27.3. The molecule has 9 rings (SSSR count). The Morgan fingerprint density at radius 2 is 1.18 bits per heavy atom. The normalized spacial score (nSPS) is 33.9. The number of aromatic hydroxyl groups is 3. The number of carbonyl (C=O) groups is 2. The average molecular weight is 1260 g/mol. The molecule has 1 aliphatic carbocycles. The highest BCUT2D eigenvalue weighted by molar-refractivity contribution is 5.88. The molecule has 31 nitrogen and oxygen atoms in total. The van der Waals surface area contributed by atoms with Crippen LogP contribution in [0, 0.1) is 0 Å². The summed E-state index contributed by atoms with van der Waals surface area (Å²) in [5.74, 6) is -5.25. The van der Waals surface area contributed by atoms with Gasteiger partial charge in [-0.25, -0.2) is 9.59 Å². The number of benzene rings is 3. The lowest BCUT2D eigenvalue weighted by molar-refractivity contribution is -0.351. The van der Waals surface area contributed by atoms with E-state index in [1.807, 2.05) is 0 Å². The van der Waals surface area contributed by atoms with E-state index in [9.17, 15) is 91.3 Å². The highest BCUT2D eigenvalue weighted by Crippen LogP contribution is 2.43. The second kappa shape index (κ2) is 28.5. The fourth-order valence-electron chi connectivity index (χ4n) is 9.90. The van der Waals surface area contributed by atoms with E-state index < -0.39 is 184 Å². The van der Waals surface area contributed by atoms with Crippen LogP contribution in [0.3, 0.4) is 0 Å². The van der Waals surface area contributed by atoms with Crippen molar-refractivity contribution in [3.63, 3.8) is 0 Å². The second-order valence-corrected chi connectivity index (χ2v) is 20.8. The van der Waals surface area contributed by atoms with Gasteiger partial charge in [0.2, 0.25) is 24.6 Å². The predicted molar refractivity (Wildman–Crippen MR) is 293 cm³/mol. The Hall–Kier alpha value is -7.64. The molecule has 0 radical (unpaired) electrons. The summed E-state index contributed by atoms with van der Waals surface area (Å²) in [6.45, 7) is -3.02. The molecule has 3 aromatic carbocycles. The predicted octanol–water partition coefficient (Wildman–Crippen LogP) is -3.04. The number of fused-ring (bicyclic) bond motifs is 1. The molecule has 484 valence electrons. The molecule has 0 amide bonds. The van der Waals surface area contributed by atoms with Gasteiger partial charge in [-0.2, -0.15) is 0 Å². The lowest BCUT2D eigenvalue weighted by Crippen LogP contribution is -2.63. The van der Waals surface area contributed by atoms with E-state index in [4.69, 9.17) is 61.6 Å². The van der Waals surface area contributed by atoms with Crippen LogP contribution >= 0.6 is 0 Å². The molecule has 5 aliphatic heterocycles. The summed E-state index contributed by atoms with van der Waals surface area (Å²) in [6.07, 6.45) is -27.7. The number of aliphatic hydroxyl groups is 13. The molecule has 6 aliphatic rings. The summed E-state index contributed by atoms with van der Waals surface area (Å²) in [5, 5.41) is 170. The van der Waals surface area contributed by atoms with Gasteiger partial charge in [-0.1, -0.05) is 12.1 Å². The number of esters is 2. The highest BCUT2D eigenvalue weighted by atomic mass is 16.8. The lowest BCUT2D eigenvalue weighted by atomic mass is 9.96. The summed E-state index contributed by atoms with van der Waals surface area (Å²) >= 11 is 0. The van der Waals surface area contributed by atoms with Crippen LogP contribution in [0.5, 0.6) is 34.5 Å². The quantitative estimate of drug-likeness (QED) is 0.0304. The van der Waals surface area contributed by atoms with Gasteiger partial charge >= 0.3 is 11.9 Å². The van der Waals surface area contributed by atoms with Gasteiger partial charge in [0.05, 0.1) is 34.0 Å². The standard InChI is InChI=1S/C58H66O31/c1-77-34-13-24(14-35(78-2)43(34)68)6-12-41(66)88-53-42(67)31(64)21-80-57(53)89-54-49(74)46(71)39(22-79-40(65)11-5-23-3-8-27(9-4-23)81-55-50(75)47(72)44(69)37(19-59)85-55)87-58(54)84-36-18-28-32(82-52(36)25-7-10-29(62)30(63)15-25)16-26(61)17-33(28)83-56-51(76)48(73)45(70)38(20-60)86-56/h3-18,31-32,37-39,42,44-51,53-64,67-76H,19-22H2,1-2H3/b11-5+,12-6+/t31-,32?,37?,38?,39?,42-,44-,45-,46-,47?,48?,49?,50+,51+,53?,54+,55-,56-,57+,58-/m1/s1. The maximum atomic E-state index is 13.5. The smallest absolute Gasteiger partial charge is 0.331 e. The second-order valence-electron chi connectivity index (χ2n) is 20.8. The molecule has 20 atom stereocenters. The van der Waals surface area contributed by atoms with E-state index in [1.54, 1.807) is 0 Å². The first-order chi connectivity index (χ1) is 42.5. The molecule has 31 heteroatoms. The van der Waals surface area contributed by atoms with Crippen molar-refractivity contribution in [1.82, 2.24) is 0 Å². The monoisotopic (exact) mass is 1260 g/mol. The number of hydrogen-bond donors (Lipinski definition) is 16. The van der Waals surface area contributed by atoms with Gasteiger partial charge in [0, 0.05) is 35.4 Å². The van der Waals surface area contributed by atoms with E-state index in [1.165, 1.54) is 81.0 Å². The largest absolute Gasteiger partial charge is 0.508 e. The van der Waals surface area contributed by atoms with Crippen LogP contribution in [-0.2, 0) is 57.0 Å². The molecule has 4 saturated heterocycles. The topological polar surface area (TPSA) is 478 Å². The van der Waals surface area contributed by atoms with Crippen LogP contribution in [0.1, 0.15) is 16.7 Å². The molecule has 5 heterocycles. The molecule has 0 saturated carbocycles. The van der Waals surface area contributed by atoms with E-state index in [2.05, 4.69) is 0 Å². The molecule has 3 aromatic rings. The van der Waals surface area contributed by atoms with Crippen molar-refractivity contribution in [2.24, 2.45) is 0 Å². The van der Waals surface area contributed by atoms with E-state index in [0.717, 1.165) is 30.4 Å². The number of phenolic OH excluding ortho intramolecular Hbond substituents is 3. The van der Waals surface area contributed by atoms with Crippen LogP contribution < -0.4 is 14.2 Å². The zero-order chi connectivity index (χ0) is 64.1. The van der Waals surface area contributed by atoms with E-state index >= 15 is 0 Å². The van der Waals surface area contributed by atoms with Crippen LogP contribution in [0.4, 0.5) is 0 Å². The van der Waals surface area contributed by atoms with E-state index in [0.29, 0.717) is 5.56 Å². The van der Waals surface area contributed by atoms with Gasteiger partial charge < -0.3 is 143 Å². The summed E-state index contributed by atoms with van der Waals surface area (Å²) in [6, 6.07) is 11.9. The molecule has 0 bridgehead atoms. The average Bonchev–Trinajstić information content (AvgIpc) is 1.20. The summed E-state index contributed by atoms with van der Waals surface area (Å²) in [7, 11) is 2.56. The molecule has 0 aromatic heterocycles. The number of rotatable bonds is 20. The van der Waals surface area contributed by atoms with Crippen molar-refractivity contribution in [1.29, 1.82) is 0 Å². The highest BCUT2D eigenvalue weighted by Gasteiger charge is 2.53. The first kappa shape index (κ1) is 65.8. The molecule has 4 fully saturated rings. The molecule has 0 spiro atoms. The van der Waals surface area contributed by atoms with Gasteiger partial charge in [0.15, 0.2) is 53.0 Å². The Bertz CT molecular complexity index is 3150. The maximum absolute atomic E-state index is 13.5. The zero-order valence-electron chi connectivity index (χ0n) is 46.9. The Morgan fingerprint density at radius 1 is 0.584 bits per heavy atom. The zero-order valence-corrected chi connectivity index (χ0v) is 46.9. The Labute approximate surface area is 503 Å². The third-order valence-corrected chi connectivity index (χ3v) is 14.8.